The van der Waals surface area contributed by atoms with Crippen LogP contribution >= 0.6 is 0 Å². The fraction of sp³-hybridized carbons (Fsp3) is 0.0909. The molecule has 0 spiro atoms. The fourth-order valence-electron chi connectivity index (χ4n) is 2.95. The first kappa shape index (κ1) is 21.2. The van der Waals surface area contributed by atoms with Crippen molar-refractivity contribution in [1.29, 1.82) is 0 Å². The Morgan fingerprint density at radius 3 is 2.38 bits per heavy atom. The predicted molar refractivity (Wildman–Crippen MR) is 120 cm³/mol. The number of amides is 1. The fourth-order valence-corrected chi connectivity index (χ4v) is 4.06. The molecule has 0 aliphatic rings. The molecular formula is C22H20N6O3S. The van der Waals surface area contributed by atoms with Gasteiger partial charge in [-0.25, -0.2) is 8.42 Å². The minimum absolute atomic E-state index is 0.138. The van der Waals surface area contributed by atoms with Gasteiger partial charge in [-0.05, 0) is 48.5 Å². The Morgan fingerprint density at radius 1 is 0.938 bits per heavy atom. The van der Waals surface area contributed by atoms with Crippen LogP contribution in [-0.4, -0.2) is 34.5 Å². The van der Waals surface area contributed by atoms with Crippen molar-refractivity contribution in [2.24, 2.45) is 0 Å². The zero-order valence-corrected chi connectivity index (χ0v) is 18.0. The Morgan fingerprint density at radius 2 is 1.62 bits per heavy atom. The average molecular weight is 449 g/mol. The molecule has 0 aliphatic carbocycles. The molecule has 0 fully saturated rings. The van der Waals surface area contributed by atoms with Crippen molar-refractivity contribution in [1.82, 2.24) is 20.2 Å². The Labute approximate surface area is 185 Å². The van der Waals surface area contributed by atoms with Crippen LogP contribution in [0, 0.1) is 6.92 Å². The molecule has 0 saturated carbocycles. The number of carbonyl (C=O) groups excluding carboxylic acids is 1. The highest BCUT2D eigenvalue weighted by Crippen LogP contribution is 2.26. The standard InChI is InChI=1S/C22H20N6O3S/c1-16-11-13-17(14-12-16)23-21(29)15-28-25-22(24-27-28)19-9-5-6-10-20(19)26-32(30,31)18-7-3-2-4-8-18/h2-14,26H,15H2,1H3,(H,23,29). The molecule has 1 aromatic heterocycles. The first-order valence-electron chi connectivity index (χ1n) is 9.72. The van der Waals surface area contributed by atoms with Crippen LogP contribution in [-0.2, 0) is 21.4 Å². The maximum Gasteiger partial charge on any atom is 0.261 e. The van der Waals surface area contributed by atoms with E-state index in [2.05, 4.69) is 25.4 Å². The van der Waals surface area contributed by atoms with Crippen LogP contribution in [0.4, 0.5) is 11.4 Å². The third kappa shape index (κ3) is 4.98. The summed E-state index contributed by atoms with van der Waals surface area (Å²) in [6.45, 7) is 1.82. The largest absolute Gasteiger partial charge is 0.324 e. The van der Waals surface area contributed by atoms with Crippen molar-refractivity contribution in [3.63, 3.8) is 0 Å². The summed E-state index contributed by atoms with van der Waals surface area (Å²) in [6.07, 6.45) is 0. The van der Waals surface area contributed by atoms with Gasteiger partial charge >= 0.3 is 0 Å². The summed E-state index contributed by atoms with van der Waals surface area (Å²) in [5.41, 5.74) is 2.51. The van der Waals surface area contributed by atoms with Gasteiger partial charge in [0.15, 0.2) is 0 Å². The molecule has 4 rings (SSSR count). The van der Waals surface area contributed by atoms with E-state index in [-0.39, 0.29) is 23.2 Å². The van der Waals surface area contributed by atoms with E-state index in [0.29, 0.717) is 16.9 Å². The van der Waals surface area contributed by atoms with Crippen molar-refractivity contribution >= 4 is 27.3 Å². The van der Waals surface area contributed by atoms with Gasteiger partial charge in [0.25, 0.3) is 10.0 Å². The predicted octanol–water partition coefficient (Wildman–Crippen LogP) is 3.09. The van der Waals surface area contributed by atoms with E-state index in [1.807, 2.05) is 31.2 Å². The molecule has 4 aromatic rings. The van der Waals surface area contributed by atoms with E-state index in [1.54, 1.807) is 42.5 Å². The number of aryl methyl sites for hydroxylation is 1. The maximum atomic E-state index is 12.7. The van der Waals surface area contributed by atoms with Gasteiger partial charge in [0.1, 0.15) is 6.54 Å². The highest BCUT2D eigenvalue weighted by molar-refractivity contribution is 7.92. The lowest BCUT2D eigenvalue weighted by Crippen LogP contribution is -2.20. The van der Waals surface area contributed by atoms with Crippen molar-refractivity contribution in [2.75, 3.05) is 10.0 Å². The Balaban J connectivity index is 1.51. The summed E-state index contributed by atoms with van der Waals surface area (Å²) in [6, 6.07) is 22.2. The third-order valence-electron chi connectivity index (χ3n) is 4.54. The van der Waals surface area contributed by atoms with Crippen LogP contribution in [0.2, 0.25) is 0 Å². The third-order valence-corrected chi connectivity index (χ3v) is 5.92. The molecule has 0 saturated heterocycles. The van der Waals surface area contributed by atoms with Crippen LogP contribution in [0.25, 0.3) is 11.4 Å². The van der Waals surface area contributed by atoms with Gasteiger partial charge in [0.05, 0.1) is 10.6 Å². The number of tetrazole rings is 1. The molecule has 32 heavy (non-hydrogen) atoms. The van der Waals surface area contributed by atoms with Gasteiger partial charge in [-0.15, -0.1) is 10.2 Å². The molecular weight excluding hydrogens is 428 g/mol. The number of sulfonamides is 1. The molecule has 0 bridgehead atoms. The van der Waals surface area contributed by atoms with Gasteiger partial charge in [0.2, 0.25) is 11.7 Å². The summed E-state index contributed by atoms with van der Waals surface area (Å²) in [5.74, 6) is -0.115. The topological polar surface area (TPSA) is 119 Å². The number of nitrogens with one attached hydrogen (secondary N) is 2. The normalized spacial score (nSPS) is 11.2. The van der Waals surface area contributed by atoms with Crippen LogP contribution in [0.1, 0.15) is 5.56 Å². The van der Waals surface area contributed by atoms with Gasteiger partial charge in [-0.3, -0.25) is 9.52 Å². The number of nitrogens with zero attached hydrogens (tertiary/aromatic N) is 4. The molecule has 0 radical (unpaired) electrons. The van der Waals surface area contributed by atoms with E-state index in [1.165, 1.54) is 12.1 Å². The van der Waals surface area contributed by atoms with Gasteiger partial charge in [0, 0.05) is 11.3 Å². The van der Waals surface area contributed by atoms with Gasteiger partial charge < -0.3 is 5.32 Å². The zero-order chi connectivity index (χ0) is 22.6. The van der Waals surface area contributed by atoms with Gasteiger partial charge in [-0.2, -0.15) is 4.80 Å². The monoisotopic (exact) mass is 448 g/mol. The van der Waals surface area contributed by atoms with E-state index < -0.39 is 10.0 Å². The van der Waals surface area contributed by atoms with E-state index in [0.717, 1.165) is 10.4 Å². The number of anilines is 2. The molecule has 9 nitrogen and oxygen atoms in total. The van der Waals surface area contributed by atoms with E-state index >= 15 is 0 Å². The number of aromatic nitrogens is 4. The molecule has 10 heteroatoms. The Kier molecular flexibility index (Phi) is 5.95. The molecule has 3 aromatic carbocycles. The summed E-state index contributed by atoms with van der Waals surface area (Å²) in [7, 11) is -3.79. The number of hydrogen-bond acceptors (Lipinski definition) is 6. The summed E-state index contributed by atoms with van der Waals surface area (Å²) in [5, 5.41) is 14.9. The molecule has 1 heterocycles. The number of para-hydroxylation sites is 1. The second-order valence-corrected chi connectivity index (χ2v) is 8.70. The van der Waals surface area contributed by atoms with E-state index in [4.69, 9.17) is 0 Å². The molecule has 162 valence electrons. The molecule has 2 N–H and O–H groups in total. The molecule has 0 unspecified atom stereocenters. The number of carbonyl (C=O) groups is 1. The molecule has 1 amide bonds. The average Bonchev–Trinajstić information content (AvgIpc) is 3.24. The van der Waals surface area contributed by atoms with Crippen LogP contribution in [0.5, 0.6) is 0 Å². The second kappa shape index (κ2) is 8.98. The van der Waals surface area contributed by atoms with Gasteiger partial charge in [-0.1, -0.05) is 48.0 Å². The maximum absolute atomic E-state index is 12.7. The first-order valence-corrected chi connectivity index (χ1v) is 11.2. The number of hydrogen-bond donors (Lipinski definition) is 2. The van der Waals surface area contributed by atoms with Crippen LogP contribution in [0.15, 0.2) is 83.8 Å². The smallest absolute Gasteiger partial charge is 0.261 e. The Hall–Kier alpha value is -4.05. The Bertz CT molecular complexity index is 1340. The van der Waals surface area contributed by atoms with Crippen LogP contribution in [0.3, 0.4) is 0 Å². The minimum Gasteiger partial charge on any atom is -0.324 e. The summed E-state index contributed by atoms with van der Waals surface area (Å²) in [4.78, 5) is 13.6. The highest BCUT2D eigenvalue weighted by atomic mass is 32.2. The zero-order valence-electron chi connectivity index (χ0n) is 17.1. The lowest BCUT2D eigenvalue weighted by atomic mass is 10.2. The molecule has 0 aliphatic heterocycles. The number of rotatable bonds is 7. The summed E-state index contributed by atoms with van der Waals surface area (Å²) >= 11 is 0. The van der Waals surface area contributed by atoms with Crippen molar-refractivity contribution in [3.8, 4) is 11.4 Å². The lowest BCUT2D eigenvalue weighted by molar-refractivity contribution is -0.117. The minimum atomic E-state index is -3.79. The van der Waals surface area contributed by atoms with Crippen molar-refractivity contribution < 1.29 is 13.2 Å². The van der Waals surface area contributed by atoms with Crippen molar-refractivity contribution in [2.45, 2.75) is 18.4 Å². The summed E-state index contributed by atoms with van der Waals surface area (Å²) < 4.78 is 28.0. The second-order valence-electron chi connectivity index (χ2n) is 7.02. The first-order chi connectivity index (χ1) is 15.4. The van der Waals surface area contributed by atoms with E-state index in [9.17, 15) is 13.2 Å². The lowest BCUT2D eigenvalue weighted by Gasteiger charge is -2.10. The van der Waals surface area contributed by atoms with Crippen molar-refractivity contribution in [3.05, 3.63) is 84.4 Å². The quantitative estimate of drug-likeness (QED) is 0.448. The highest BCUT2D eigenvalue weighted by Gasteiger charge is 2.18. The SMILES string of the molecule is Cc1ccc(NC(=O)Cn2nnc(-c3ccccc3NS(=O)(=O)c3ccccc3)n2)cc1. The molecule has 0 atom stereocenters. The van der Waals surface area contributed by atoms with Crippen LogP contribution < -0.4 is 10.0 Å². The number of benzene rings is 3.